The third-order valence-electron chi connectivity index (χ3n) is 4.81. The average Bonchev–Trinajstić information content (AvgIpc) is 3.19. The minimum atomic E-state index is -0.171. The highest BCUT2D eigenvalue weighted by atomic mass is 19.1. The quantitative estimate of drug-likeness (QED) is 0.858. The molecular weight excluding hydrogens is 253 g/mol. The number of rotatable bonds is 6. The lowest BCUT2D eigenvalue weighted by atomic mass is 9.89. The molecule has 3 rings (SSSR count). The third-order valence-corrected chi connectivity index (χ3v) is 4.81. The standard InChI is InChI=1S/C17H24FNO/c1-20-16-7-3-5-13(17(16)18)10-12-4-2-6-14(12)11-19-15-8-9-15/h3,5,7,12,14-15,19H,2,4,6,8-11H2,1H3. The first-order valence-corrected chi connectivity index (χ1v) is 7.82. The molecule has 2 unspecified atom stereocenters. The van der Waals surface area contributed by atoms with Crippen LogP contribution in [0.25, 0.3) is 0 Å². The molecule has 0 spiro atoms. The second-order valence-electron chi connectivity index (χ2n) is 6.27. The third kappa shape index (κ3) is 3.14. The number of benzene rings is 1. The lowest BCUT2D eigenvalue weighted by Gasteiger charge is -2.20. The molecule has 2 aliphatic rings. The van der Waals surface area contributed by atoms with E-state index in [1.54, 1.807) is 6.07 Å². The molecular formula is C17H24FNO. The maximum atomic E-state index is 14.2. The van der Waals surface area contributed by atoms with Crippen LogP contribution in [0.15, 0.2) is 18.2 Å². The lowest BCUT2D eigenvalue weighted by molar-refractivity contribution is 0.353. The molecule has 1 aromatic carbocycles. The van der Waals surface area contributed by atoms with Gasteiger partial charge in [-0.1, -0.05) is 18.6 Å². The van der Waals surface area contributed by atoms with Gasteiger partial charge in [0.2, 0.25) is 0 Å². The maximum absolute atomic E-state index is 14.2. The van der Waals surface area contributed by atoms with Crippen LogP contribution in [0.1, 0.15) is 37.7 Å². The molecule has 2 nitrogen and oxygen atoms in total. The number of hydrogen-bond acceptors (Lipinski definition) is 2. The number of nitrogens with one attached hydrogen (secondary N) is 1. The fraction of sp³-hybridized carbons (Fsp3) is 0.647. The first kappa shape index (κ1) is 13.9. The van der Waals surface area contributed by atoms with Crippen molar-refractivity contribution in [2.75, 3.05) is 13.7 Å². The van der Waals surface area contributed by atoms with Gasteiger partial charge in [-0.05, 0) is 62.1 Å². The Morgan fingerprint density at radius 1 is 1.20 bits per heavy atom. The Kier molecular flexibility index (Phi) is 4.25. The summed E-state index contributed by atoms with van der Waals surface area (Å²) in [5.41, 5.74) is 0.813. The predicted molar refractivity (Wildman–Crippen MR) is 78.5 cm³/mol. The summed E-state index contributed by atoms with van der Waals surface area (Å²) in [6.07, 6.45) is 7.32. The Balaban J connectivity index is 1.63. The van der Waals surface area contributed by atoms with Crippen molar-refractivity contribution in [3.8, 4) is 5.75 Å². The summed E-state index contributed by atoms with van der Waals surface area (Å²) in [4.78, 5) is 0. The largest absolute Gasteiger partial charge is 0.494 e. The van der Waals surface area contributed by atoms with Crippen molar-refractivity contribution in [1.82, 2.24) is 5.32 Å². The Bertz CT molecular complexity index is 458. The molecule has 2 aliphatic carbocycles. The van der Waals surface area contributed by atoms with Gasteiger partial charge in [-0.3, -0.25) is 0 Å². The van der Waals surface area contributed by atoms with Gasteiger partial charge in [-0.15, -0.1) is 0 Å². The van der Waals surface area contributed by atoms with Crippen molar-refractivity contribution in [2.45, 2.75) is 44.6 Å². The van der Waals surface area contributed by atoms with Crippen molar-refractivity contribution in [3.05, 3.63) is 29.6 Å². The summed E-state index contributed by atoms with van der Waals surface area (Å²) < 4.78 is 19.3. The number of methoxy groups -OCH3 is 1. The van der Waals surface area contributed by atoms with E-state index in [4.69, 9.17) is 4.74 Å². The number of ether oxygens (including phenoxy) is 1. The van der Waals surface area contributed by atoms with E-state index in [0.717, 1.165) is 24.6 Å². The van der Waals surface area contributed by atoms with Crippen molar-refractivity contribution < 1.29 is 9.13 Å². The fourth-order valence-corrected chi connectivity index (χ4v) is 3.41. The highest BCUT2D eigenvalue weighted by Crippen LogP contribution is 2.35. The van der Waals surface area contributed by atoms with E-state index in [9.17, 15) is 4.39 Å². The molecule has 2 fully saturated rings. The SMILES string of the molecule is COc1cccc(CC2CCCC2CNC2CC2)c1F. The van der Waals surface area contributed by atoms with Crippen LogP contribution in [0.5, 0.6) is 5.75 Å². The second-order valence-corrected chi connectivity index (χ2v) is 6.27. The highest BCUT2D eigenvalue weighted by molar-refractivity contribution is 5.31. The number of halogens is 1. The zero-order valence-electron chi connectivity index (χ0n) is 12.2. The fourth-order valence-electron chi connectivity index (χ4n) is 3.41. The van der Waals surface area contributed by atoms with Crippen molar-refractivity contribution in [2.24, 2.45) is 11.8 Å². The molecule has 0 aromatic heterocycles. The van der Waals surface area contributed by atoms with Gasteiger partial charge in [-0.25, -0.2) is 4.39 Å². The number of hydrogen-bond donors (Lipinski definition) is 1. The minimum Gasteiger partial charge on any atom is -0.494 e. The molecule has 0 amide bonds. The van der Waals surface area contributed by atoms with Gasteiger partial charge >= 0.3 is 0 Å². The molecule has 0 aliphatic heterocycles. The van der Waals surface area contributed by atoms with Crippen molar-refractivity contribution >= 4 is 0 Å². The zero-order chi connectivity index (χ0) is 13.9. The van der Waals surface area contributed by atoms with Gasteiger partial charge < -0.3 is 10.1 Å². The molecule has 0 saturated heterocycles. The first-order valence-electron chi connectivity index (χ1n) is 7.82. The first-order chi connectivity index (χ1) is 9.78. The topological polar surface area (TPSA) is 21.3 Å². The molecule has 1 N–H and O–H groups in total. The van der Waals surface area contributed by atoms with Gasteiger partial charge in [-0.2, -0.15) is 0 Å². The van der Waals surface area contributed by atoms with E-state index in [0.29, 0.717) is 17.6 Å². The lowest BCUT2D eigenvalue weighted by Crippen LogP contribution is -2.27. The Morgan fingerprint density at radius 3 is 2.75 bits per heavy atom. The van der Waals surface area contributed by atoms with Crippen LogP contribution in [-0.2, 0) is 6.42 Å². The van der Waals surface area contributed by atoms with E-state index in [1.807, 2.05) is 12.1 Å². The van der Waals surface area contributed by atoms with Gasteiger partial charge in [0, 0.05) is 6.04 Å². The van der Waals surface area contributed by atoms with Crippen LogP contribution in [0.3, 0.4) is 0 Å². The second kappa shape index (κ2) is 6.13. The zero-order valence-corrected chi connectivity index (χ0v) is 12.2. The van der Waals surface area contributed by atoms with E-state index < -0.39 is 0 Å². The normalized spacial score (nSPS) is 25.9. The molecule has 2 saturated carbocycles. The molecule has 0 bridgehead atoms. The van der Waals surface area contributed by atoms with E-state index in [-0.39, 0.29) is 5.82 Å². The van der Waals surface area contributed by atoms with Gasteiger partial charge in [0.1, 0.15) is 0 Å². The van der Waals surface area contributed by atoms with Crippen LogP contribution >= 0.6 is 0 Å². The van der Waals surface area contributed by atoms with Crippen LogP contribution in [-0.4, -0.2) is 19.7 Å². The summed E-state index contributed by atoms with van der Waals surface area (Å²) in [5.74, 6) is 1.52. The Labute approximate surface area is 120 Å². The van der Waals surface area contributed by atoms with Crippen molar-refractivity contribution in [1.29, 1.82) is 0 Å². The summed E-state index contributed by atoms with van der Waals surface area (Å²) in [5, 5.41) is 3.63. The van der Waals surface area contributed by atoms with Crippen LogP contribution < -0.4 is 10.1 Å². The monoisotopic (exact) mass is 277 g/mol. The molecule has 2 atom stereocenters. The molecule has 110 valence electrons. The summed E-state index contributed by atoms with van der Waals surface area (Å²) >= 11 is 0. The van der Waals surface area contributed by atoms with Gasteiger partial charge in [0.05, 0.1) is 7.11 Å². The van der Waals surface area contributed by atoms with Crippen LogP contribution in [0, 0.1) is 17.7 Å². The molecule has 0 heterocycles. The van der Waals surface area contributed by atoms with E-state index in [2.05, 4.69) is 5.32 Å². The highest BCUT2D eigenvalue weighted by Gasteiger charge is 2.30. The van der Waals surface area contributed by atoms with E-state index in [1.165, 1.54) is 39.2 Å². The van der Waals surface area contributed by atoms with Gasteiger partial charge in [0.25, 0.3) is 0 Å². The Hall–Kier alpha value is -1.09. The van der Waals surface area contributed by atoms with Crippen LogP contribution in [0.2, 0.25) is 0 Å². The Morgan fingerprint density at radius 2 is 2.00 bits per heavy atom. The summed E-state index contributed by atoms with van der Waals surface area (Å²) in [6, 6.07) is 6.26. The van der Waals surface area contributed by atoms with Crippen molar-refractivity contribution in [3.63, 3.8) is 0 Å². The molecule has 1 aromatic rings. The molecule has 0 radical (unpaired) electrons. The predicted octanol–water partition coefficient (Wildman–Crippen LogP) is 3.55. The molecule has 20 heavy (non-hydrogen) atoms. The van der Waals surface area contributed by atoms with Gasteiger partial charge in [0.15, 0.2) is 11.6 Å². The smallest absolute Gasteiger partial charge is 0.168 e. The van der Waals surface area contributed by atoms with Crippen LogP contribution in [0.4, 0.5) is 4.39 Å². The maximum Gasteiger partial charge on any atom is 0.168 e. The summed E-state index contributed by atoms with van der Waals surface area (Å²) in [6.45, 7) is 1.11. The average molecular weight is 277 g/mol. The summed E-state index contributed by atoms with van der Waals surface area (Å²) in [7, 11) is 1.53. The molecule has 3 heteroatoms. The van der Waals surface area contributed by atoms with E-state index >= 15 is 0 Å². The minimum absolute atomic E-state index is 0.171.